The molecule has 6 heteroatoms. The molecule has 0 saturated heterocycles. The zero-order chi connectivity index (χ0) is 18.4. The molecule has 0 atom stereocenters. The average molecular weight is 373 g/mol. The second kappa shape index (κ2) is 8.41. The average Bonchev–Trinajstić information content (AvgIpc) is 3.47. The van der Waals surface area contributed by atoms with Crippen molar-refractivity contribution >= 4 is 17.6 Å². The molecule has 0 unspecified atom stereocenters. The fourth-order valence-electron chi connectivity index (χ4n) is 3.02. The van der Waals surface area contributed by atoms with Crippen molar-refractivity contribution in [2.24, 2.45) is 4.99 Å². The number of benzene rings is 1. The van der Waals surface area contributed by atoms with Crippen molar-refractivity contribution in [1.29, 1.82) is 0 Å². The number of methoxy groups -OCH3 is 1. The van der Waals surface area contributed by atoms with Gasteiger partial charge in [-0.25, -0.2) is 4.98 Å². The van der Waals surface area contributed by atoms with Crippen LogP contribution in [0.3, 0.4) is 0 Å². The molecule has 1 aliphatic carbocycles. The first-order valence-electron chi connectivity index (χ1n) is 8.85. The molecule has 1 aromatic heterocycles. The fraction of sp³-hybridized carbons (Fsp3) is 0.400. The molecule has 5 nitrogen and oxygen atoms in total. The number of aromatic nitrogens is 1. The summed E-state index contributed by atoms with van der Waals surface area (Å²) in [6.07, 6.45) is 5.07. The number of hydrogen-bond acceptors (Lipinski definition) is 3. The van der Waals surface area contributed by atoms with E-state index in [2.05, 4.69) is 32.7 Å². The number of halogens is 1. The lowest BCUT2D eigenvalue weighted by molar-refractivity contribution is 0.414. The lowest BCUT2D eigenvalue weighted by atomic mass is 9.96. The maximum absolute atomic E-state index is 5.81. The first kappa shape index (κ1) is 18.5. The van der Waals surface area contributed by atoms with Crippen LogP contribution in [0.15, 0.2) is 47.6 Å². The number of nitrogens with zero attached hydrogens (tertiary/aromatic N) is 2. The topological polar surface area (TPSA) is 58.5 Å². The Bertz CT molecular complexity index is 739. The molecule has 0 radical (unpaired) electrons. The van der Waals surface area contributed by atoms with E-state index in [0.29, 0.717) is 5.15 Å². The Morgan fingerprint density at radius 2 is 1.96 bits per heavy atom. The molecule has 0 aliphatic heterocycles. The predicted molar refractivity (Wildman–Crippen MR) is 106 cm³/mol. The SMILES string of the molecule is CN=C(NCCc1ccc(Cl)nc1)NCC1(c2ccc(OC)cc2)CC1. The van der Waals surface area contributed by atoms with E-state index < -0.39 is 0 Å². The van der Waals surface area contributed by atoms with Crippen molar-refractivity contribution in [3.05, 3.63) is 58.9 Å². The molecule has 1 saturated carbocycles. The van der Waals surface area contributed by atoms with Gasteiger partial charge < -0.3 is 15.4 Å². The zero-order valence-electron chi connectivity index (χ0n) is 15.3. The molecule has 26 heavy (non-hydrogen) atoms. The van der Waals surface area contributed by atoms with Gasteiger partial charge in [0.05, 0.1) is 7.11 Å². The summed E-state index contributed by atoms with van der Waals surface area (Å²) in [6.45, 7) is 1.67. The molecule has 1 fully saturated rings. The summed E-state index contributed by atoms with van der Waals surface area (Å²) in [5.74, 6) is 1.72. The molecule has 0 amide bonds. The van der Waals surface area contributed by atoms with E-state index in [0.717, 1.165) is 36.8 Å². The van der Waals surface area contributed by atoms with Gasteiger partial charge in [-0.3, -0.25) is 4.99 Å². The molecule has 1 aromatic carbocycles. The Morgan fingerprint density at radius 1 is 1.19 bits per heavy atom. The molecule has 2 N–H and O–H groups in total. The van der Waals surface area contributed by atoms with Gasteiger partial charge >= 0.3 is 0 Å². The fourth-order valence-corrected chi connectivity index (χ4v) is 3.13. The summed E-state index contributed by atoms with van der Waals surface area (Å²) in [5.41, 5.74) is 2.71. The van der Waals surface area contributed by atoms with E-state index >= 15 is 0 Å². The van der Waals surface area contributed by atoms with Crippen molar-refractivity contribution in [2.45, 2.75) is 24.7 Å². The molecule has 0 spiro atoms. The van der Waals surface area contributed by atoms with Crippen LogP contribution in [0.5, 0.6) is 5.75 Å². The minimum atomic E-state index is 0.212. The Balaban J connectivity index is 1.48. The monoisotopic (exact) mass is 372 g/mol. The highest BCUT2D eigenvalue weighted by atomic mass is 35.5. The Morgan fingerprint density at radius 3 is 2.54 bits per heavy atom. The molecule has 3 rings (SSSR count). The van der Waals surface area contributed by atoms with Crippen LogP contribution in [0, 0.1) is 0 Å². The van der Waals surface area contributed by atoms with Crippen LogP contribution in [0.4, 0.5) is 0 Å². The maximum Gasteiger partial charge on any atom is 0.191 e. The van der Waals surface area contributed by atoms with Crippen molar-refractivity contribution in [3.8, 4) is 5.75 Å². The van der Waals surface area contributed by atoms with Gasteiger partial charge in [-0.05, 0) is 48.6 Å². The molecular weight excluding hydrogens is 348 g/mol. The van der Waals surface area contributed by atoms with Gasteiger partial charge in [-0.2, -0.15) is 0 Å². The predicted octanol–water partition coefficient (Wildman–Crippen LogP) is 3.18. The second-order valence-corrected chi connectivity index (χ2v) is 6.99. The van der Waals surface area contributed by atoms with E-state index in [1.54, 1.807) is 14.2 Å². The quantitative estimate of drug-likeness (QED) is 0.445. The molecule has 1 aliphatic rings. The van der Waals surface area contributed by atoms with E-state index in [4.69, 9.17) is 16.3 Å². The van der Waals surface area contributed by atoms with Crippen LogP contribution in [0.1, 0.15) is 24.0 Å². The molecule has 1 heterocycles. The van der Waals surface area contributed by atoms with Crippen LogP contribution in [0.2, 0.25) is 5.15 Å². The van der Waals surface area contributed by atoms with Crippen molar-refractivity contribution in [1.82, 2.24) is 15.6 Å². The summed E-state index contributed by atoms with van der Waals surface area (Å²) in [7, 11) is 3.49. The Kier molecular flexibility index (Phi) is 5.99. The number of ether oxygens (including phenoxy) is 1. The van der Waals surface area contributed by atoms with Crippen LogP contribution >= 0.6 is 11.6 Å². The summed E-state index contributed by atoms with van der Waals surface area (Å²) in [5, 5.41) is 7.35. The molecule has 138 valence electrons. The summed E-state index contributed by atoms with van der Waals surface area (Å²) < 4.78 is 5.25. The molecule has 0 bridgehead atoms. The molecular formula is C20H25ClN4O. The van der Waals surface area contributed by atoms with Gasteiger partial charge in [0.1, 0.15) is 10.9 Å². The van der Waals surface area contributed by atoms with Gasteiger partial charge in [-0.15, -0.1) is 0 Å². The first-order valence-corrected chi connectivity index (χ1v) is 9.22. The van der Waals surface area contributed by atoms with Gasteiger partial charge in [-0.1, -0.05) is 29.8 Å². The third-order valence-electron chi connectivity index (χ3n) is 4.87. The van der Waals surface area contributed by atoms with Gasteiger partial charge in [0.15, 0.2) is 5.96 Å². The zero-order valence-corrected chi connectivity index (χ0v) is 16.0. The van der Waals surface area contributed by atoms with Crippen molar-refractivity contribution < 1.29 is 4.74 Å². The Labute approximate surface area is 159 Å². The van der Waals surface area contributed by atoms with Crippen molar-refractivity contribution in [3.63, 3.8) is 0 Å². The standard InChI is InChI=1S/C20H25ClN4O/c1-22-19(23-12-9-15-3-8-18(21)24-13-15)25-14-20(10-11-20)16-4-6-17(26-2)7-5-16/h3-8,13H,9-12,14H2,1-2H3,(H2,22,23,25). The third kappa shape index (κ3) is 4.67. The van der Waals surface area contributed by atoms with Crippen LogP contribution in [0.25, 0.3) is 0 Å². The van der Waals surface area contributed by atoms with Gasteiger partial charge in [0.25, 0.3) is 0 Å². The summed E-state index contributed by atoms with van der Waals surface area (Å²) in [6, 6.07) is 12.2. The van der Waals surface area contributed by atoms with E-state index in [-0.39, 0.29) is 5.41 Å². The number of aliphatic imine (C=N–C) groups is 1. The van der Waals surface area contributed by atoms with E-state index in [1.165, 1.54) is 18.4 Å². The lowest BCUT2D eigenvalue weighted by Gasteiger charge is -2.19. The first-order chi connectivity index (χ1) is 12.6. The number of guanidine groups is 1. The maximum atomic E-state index is 5.81. The number of pyridine rings is 1. The highest BCUT2D eigenvalue weighted by Crippen LogP contribution is 2.47. The number of rotatable bonds is 7. The largest absolute Gasteiger partial charge is 0.497 e. The van der Waals surface area contributed by atoms with Gasteiger partial charge in [0, 0.05) is 31.7 Å². The minimum absolute atomic E-state index is 0.212. The summed E-state index contributed by atoms with van der Waals surface area (Å²) in [4.78, 5) is 8.43. The normalized spacial score (nSPS) is 15.4. The number of nitrogens with one attached hydrogen (secondary N) is 2. The molecule has 2 aromatic rings. The highest BCUT2D eigenvalue weighted by Gasteiger charge is 2.44. The second-order valence-electron chi connectivity index (χ2n) is 6.60. The lowest BCUT2D eigenvalue weighted by Crippen LogP contribution is -2.41. The smallest absolute Gasteiger partial charge is 0.191 e. The highest BCUT2D eigenvalue weighted by molar-refractivity contribution is 6.29. The number of hydrogen-bond donors (Lipinski definition) is 2. The van der Waals surface area contributed by atoms with Crippen LogP contribution < -0.4 is 15.4 Å². The van der Waals surface area contributed by atoms with Gasteiger partial charge in [0.2, 0.25) is 0 Å². The van der Waals surface area contributed by atoms with E-state index in [9.17, 15) is 0 Å². The summed E-state index contributed by atoms with van der Waals surface area (Å²) >= 11 is 5.81. The third-order valence-corrected chi connectivity index (χ3v) is 5.09. The van der Waals surface area contributed by atoms with Crippen molar-refractivity contribution in [2.75, 3.05) is 27.2 Å². The Hall–Kier alpha value is -2.27. The minimum Gasteiger partial charge on any atom is -0.497 e. The van der Waals surface area contributed by atoms with E-state index in [1.807, 2.05) is 30.5 Å². The van der Waals surface area contributed by atoms with Crippen LogP contribution in [-0.2, 0) is 11.8 Å². The van der Waals surface area contributed by atoms with Crippen LogP contribution in [-0.4, -0.2) is 38.2 Å².